The van der Waals surface area contributed by atoms with Crippen LogP contribution in [0.4, 0.5) is 0 Å². The SMILES string of the molecule is C1CO[P+]2(N1)OCCO2. The van der Waals surface area contributed by atoms with Crippen LogP contribution in [0.3, 0.4) is 0 Å². The van der Waals surface area contributed by atoms with Crippen molar-refractivity contribution in [2.45, 2.75) is 0 Å². The molecule has 1 spiro atoms. The first-order valence-electron chi connectivity index (χ1n) is 2.99. The molecule has 5 heteroatoms. The Morgan fingerprint density at radius 3 is 2.22 bits per heavy atom. The molecule has 2 fully saturated rings. The molecule has 2 aliphatic rings. The molecule has 2 aliphatic heterocycles. The van der Waals surface area contributed by atoms with Crippen LogP contribution in [0.25, 0.3) is 0 Å². The lowest BCUT2D eigenvalue weighted by atomic mass is 10.8. The molecule has 52 valence electrons. The van der Waals surface area contributed by atoms with E-state index in [9.17, 15) is 0 Å². The monoisotopic (exact) mass is 150 g/mol. The smallest absolute Gasteiger partial charge is 0.161 e. The van der Waals surface area contributed by atoms with E-state index in [2.05, 4.69) is 5.09 Å². The van der Waals surface area contributed by atoms with Crippen molar-refractivity contribution in [3.8, 4) is 0 Å². The summed E-state index contributed by atoms with van der Waals surface area (Å²) in [7, 11) is -1.95. The molecular formula is C4H9NO3P+. The van der Waals surface area contributed by atoms with E-state index < -0.39 is 8.09 Å². The molecular weight excluding hydrogens is 141 g/mol. The molecule has 0 amide bonds. The Morgan fingerprint density at radius 1 is 1.00 bits per heavy atom. The third kappa shape index (κ3) is 0.974. The van der Waals surface area contributed by atoms with Gasteiger partial charge in [0.2, 0.25) is 0 Å². The molecule has 0 bridgehead atoms. The van der Waals surface area contributed by atoms with Gasteiger partial charge < -0.3 is 0 Å². The van der Waals surface area contributed by atoms with Gasteiger partial charge in [-0.25, -0.2) is 0 Å². The molecule has 0 unspecified atom stereocenters. The fourth-order valence-corrected chi connectivity index (χ4v) is 2.74. The topological polar surface area (TPSA) is 39.7 Å². The number of nitrogens with one attached hydrogen (secondary N) is 1. The van der Waals surface area contributed by atoms with Crippen molar-refractivity contribution in [3.05, 3.63) is 0 Å². The van der Waals surface area contributed by atoms with Crippen LogP contribution in [0.5, 0.6) is 0 Å². The van der Waals surface area contributed by atoms with E-state index in [4.69, 9.17) is 13.6 Å². The fourth-order valence-electron chi connectivity index (χ4n) is 0.912. The second kappa shape index (κ2) is 2.15. The summed E-state index contributed by atoms with van der Waals surface area (Å²) in [6.45, 7) is 2.91. The van der Waals surface area contributed by atoms with Gasteiger partial charge in [0.15, 0.2) is 0 Å². The van der Waals surface area contributed by atoms with Gasteiger partial charge in [0.05, 0.1) is 6.54 Å². The molecule has 2 saturated heterocycles. The molecule has 4 nitrogen and oxygen atoms in total. The summed E-state index contributed by atoms with van der Waals surface area (Å²) in [5.41, 5.74) is 0. The molecule has 0 saturated carbocycles. The zero-order chi connectivity index (χ0) is 6.16. The van der Waals surface area contributed by atoms with Crippen LogP contribution in [0.15, 0.2) is 0 Å². The molecule has 0 aromatic carbocycles. The summed E-state index contributed by atoms with van der Waals surface area (Å²) < 4.78 is 15.8. The highest BCUT2D eigenvalue weighted by Crippen LogP contribution is 2.62. The Morgan fingerprint density at radius 2 is 1.67 bits per heavy atom. The zero-order valence-corrected chi connectivity index (χ0v) is 5.89. The van der Waals surface area contributed by atoms with Gasteiger partial charge in [-0.15, -0.1) is 5.09 Å². The summed E-state index contributed by atoms with van der Waals surface area (Å²) in [5, 5.41) is 3.08. The third-order valence-electron chi connectivity index (χ3n) is 1.27. The largest absolute Gasteiger partial charge is 0.501 e. The third-order valence-corrected chi connectivity index (χ3v) is 3.45. The van der Waals surface area contributed by atoms with Crippen LogP contribution >= 0.6 is 8.09 Å². The first-order valence-corrected chi connectivity index (χ1v) is 4.53. The van der Waals surface area contributed by atoms with Crippen LogP contribution in [0.2, 0.25) is 0 Å². The lowest BCUT2D eigenvalue weighted by Crippen LogP contribution is -2.08. The number of rotatable bonds is 0. The van der Waals surface area contributed by atoms with E-state index in [-0.39, 0.29) is 0 Å². The molecule has 2 heterocycles. The predicted molar refractivity (Wildman–Crippen MR) is 32.8 cm³/mol. The molecule has 0 aliphatic carbocycles. The van der Waals surface area contributed by atoms with E-state index in [1.807, 2.05) is 0 Å². The minimum absolute atomic E-state index is 0.667. The van der Waals surface area contributed by atoms with Gasteiger partial charge in [0.1, 0.15) is 19.8 Å². The maximum absolute atomic E-state index is 5.26. The number of hydrogen-bond acceptors (Lipinski definition) is 4. The van der Waals surface area contributed by atoms with Crippen LogP contribution in [0.1, 0.15) is 0 Å². The van der Waals surface area contributed by atoms with Gasteiger partial charge in [-0.1, -0.05) is 0 Å². The van der Waals surface area contributed by atoms with E-state index in [1.165, 1.54) is 0 Å². The average Bonchev–Trinajstić information content (AvgIpc) is 2.45. The molecule has 2 rings (SSSR count). The average molecular weight is 150 g/mol. The van der Waals surface area contributed by atoms with Crippen molar-refractivity contribution >= 4 is 8.09 Å². The minimum Gasteiger partial charge on any atom is -0.161 e. The highest BCUT2D eigenvalue weighted by molar-refractivity contribution is 7.59. The summed E-state index contributed by atoms with van der Waals surface area (Å²) in [4.78, 5) is 0. The van der Waals surface area contributed by atoms with Crippen molar-refractivity contribution in [3.63, 3.8) is 0 Å². The standard InChI is InChI=1S/C4H9NO3P/c1-2-6-9(5-1)7-3-4-8-9/h5H,1-4H2/q+1. The van der Waals surface area contributed by atoms with Gasteiger partial charge in [-0.3, -0.25) is 0 Å². The second-order valence-corrected chi connectivity index (χ2v) is 3.99. The second-order valence-electron chi connectivity index (χ2n) is 1.91. The first-order chi connectivity index (χ1) is 4.41. The summed E-state index contributed by atoms with van der Waals surface area (Å²) in [6.07, 6.45) is 0. The maximum Gasteiger partial charge on any atom is 0.501 e. The zero-order valence-electron chi connectivity index (χ0n) is 5.00. The predicted octanol–water partition coefficient (Wildman–Crippen LogP) is 0.331. The quantitative estimate of drug-likeness (QED) is 0.505. The Hall–Kier alpha value is 0.270. The highest BCUT2D eigenvalue weighted by Gasteiger charge is 2.53. The molecule has 1 N–H and O–H groups in total. The van der Waals surface area contributed by atoms with E-state index in [1.54, 1.807) is 0 Å². The van der Waals surface area contributed by atoms with Crippen molar-refractivity contribution < 1.29 is 13.6 Å². The van der Waals surface area contributed by atoms with Gasteiger partial charge in [-0.05, 0) is 0 Å². The molecule has 0 aromatic rings. The van der Waals surface area contributed by atoms with Gasteiger partial charge >= 0.3 is 8.09 Å². The lowest BCUT2D eigenvalue weighted by molar-refractivity contribution is 0.256. The van der Waals surface area contributed by atoms with Gasteiger partial charge in [-0.2, -0.15) is 13.6 Å². The summed E-state index contributed by atoms with van der Waals surface area (Å²) in [5.74, 6) is 0. The van der Waals surface area contributed by atoms with Crippen LogP contribution in [0, 0.1) is 0 Å². The molecule has 0 aromatic heterocycles. The van der Waals surface area contributed by atoms with Gasteiger partial charge in [0, 0.05) is 0 Å². The van der Waals surface area contributed by atoms with Gasteiger partial charge in [0.25, 0.3) is 0 Å². The lowest BCUT2D eigenvalue weighted by Gasteiger charge is -2.04. The van der Waals surface area contributed by atoms with E-state index in [0.29, 0.717) is 19.8 Å². The van der Waals surface area contributed by atoms with Crippen molar-refractivity contribution in [1.29, 1.82) is 0 Å². The summed E-state index contributed by atoms with van der Waals surface area (Å²) in [6, 6.07) is 0. The summed E-state index contributed by atoms with van der Waals surface area (Å²) >= 11 is 0. The van der Waals surface area contributed by atoms with Crippen LogP contribution < -0.4 is 5.09 Å². The Bertz CT molecular complexity index is 90.9. The Balaban J connectivity index is 2.04. The fraction of sp³-hybridized carbons (Fsp3) is 1.00. The molecule has 9 heavy (non-hydrogen) atoms. The van der Waals surface area contributed by atoms with Crippen LogP contribution in [-0.2, 0) is 13.6 Å². The minimum atomic E-state index is -1.95. The van der Waals surface area contributed by atoms with Crippen molar-refractivity contribution in [2.75, 3.05) is 26.4 Å². The van der Waals surface area contributed by atoms with E-state index in [0.717, 1.165) is 6.54 Å². The Labute approximate surface area is 54.1 Å². The van der Waals surface area contributed by atoms with Crippen molar-refractivity contribution in [1.82, 2.24) is 5.09 Å². The Kier molecular flexibility index (Phi) is 1.43. The normalized spacial score (nSPS) is 32.0. The maximum atomic E-state index is 5.26. The number of hydrogen-bond donors (Lipinski definition) is 1. The first kappa shape index (κ1) is 6.01. The highest BCUT2D eigenvalue weighted by atomic mass is 31.2. The van der Waals surface area contributed by atoms with Crippen molar-refractivity contribution in [2.24, 2.45) is 0 Å². The molecule has 0 atom stereocenters. The molecule has 0 radical (unpaired) electrons. The van der Waals surface area contributed by atoms with E-state index >= 15 is 0 Å². The van der Waals surface area contributed by atoms with Crippen LogP contribution in [-0.4, -0.2) is 26.4 Å².